The van der Waals surface area contributed by atoms with Gasteiger partial charge in [-0.15, -0.1) is 6.42 Å². The third kappa shape index (κ3) is 2.53. The van der Waals surface area contributed by atoms with Gasteiger partial charge in [0.1, 0.15) is 0 Å². The van der Waals surface area contributed by atoms with Crippen molar-refractivity contribution >= 4 is 0 Å². The Morgan fingerprint density at radius 3 is 2.58 bits per heavy atom. The van der Waals surface area contributed by atoms with Crippen LogP contribution in [-0.2, 0) is 0 Å². The summed E-state index contributed by atoms with van der Waals surface area (Å²) in [5, 5.41) is 3.37. The molecule has 12 heavy (non-hydrogen) atoms. The smallest absolute Gasteiger partial charge is 0.0715 e. The van der Waals surface area contributed by atoms with Crippen LogP contribution in [0.2, 0.25) is 0 Å². The molecular weight excluding hydrogens is 146 g/mol. The van der Waals surface area contributed by atoms with E-state index in [9.17, 15) is 0 Å². The summed E-state index contributed by atoms with van der Waals surface area (Å²) in [6.07, 6.45) is 12.3. The SMILES string of the molecule is C#CC(NCC)C1CCCCC1. The van der Waals surface area contributed by atoms with Crippen LogP contribution in [0.15, 0.2) is 0 Å². The third-order valence-electron chi connectivity index (χ3n) is 2.72. The van der Waals surface area contributed by atoms with Gasteiger partial charge in [-0.2, -0.15) is 0 Å². The van der Waals surface area contributed by atoms with Gasteiger partial charge in [-0.3, -0.25) is 0 Å². The molecule has 0 aromatic carbocycles. The maximum atomic E-state index is 5.48. The quantitative estimate of drug-likeness (QED) is 0.632. The molecule has 1 saturated carbocycles. The number of hydrogen-bond acceptors (Lipinski definition) is 1. The molecule has 0 aliphatic heterocycles. The third-order valence-corrected chi connectivity index (χ3v) is 2.72. The number of hydrogen-bond donors (Lipinski definition) is 1. The summed E-state index contributed by atoms with van der Waals surface area (Å²) >= 11 is 0. The van der Waals surface area contributed by atoms with Gasteiger partial charge in [0.05, 0.1) is 6.04 Å². The minimum Gasteiger partial charge on any atom is -0.304 e. The van der Waals surface area contributed by atoms with E-state index in [1.165, 1.54) is 32.1 Å². The fraction of sp³-hybridized carbons (Fsp3) is 0.818. The molecule has 1 aliphatic carbocycles. The first-order valence-electron chi connectivity index (χ1n) is 5.08. The van der Waals surface area contributed by atoms with Gasteiger partial charge in [-0.1, -0.05) is 32.1 Å². The van der Waals surface area contributed by atoms with E-state index in [2.05, 4.69) is 18.2 Å². The number of nitrogens with one attached hydrogen (secondary N) is 1. The number of rotatable bonds is 3. The summed E-state index contributed by atoms with van der Waals surface area (Å²) in [4.78, 5) is 0. The Labute approximate surface area is 75.9 Å². The van der Waals surface area contributed by atoms with Crippen LogP contribution in [0.4, 0.5) is 0 Å². The second-order valence-corrected chi connectivity index (χ2v) is 3.60. The largest absolute Gasteiger partial charge is 0.304 e. The zero-order chi connectivity index (χ0) is 8.81. The molecule has 0 heterocycles. The van der Waals surface area contributed by atoms with E-state index in [0.717, 1.165) is 12.5 Å². The Morgan fingerprint density at radius 2 is 2.08 bits per heavy atom. The molecule has 1 rings (SSSR count). The highest BCUT2D eigenvalue weighted by Crippen LogP contribution is 2.26. The van der Waals surface area contributed by atoms with Crippen LogP contribution >= 0.6 is 0 Å². The lowest BCUT2D eigenvalue weighted by atomic mass is 9.84. The molecule has 1 nitrogen and oxygen atoms in total. The standard InChI is InChI=1S/C11H19N/c1-3-11(12-4-2)10-8-6-5-7-9-10/h1,10-12H,4-9H2,2H3. The highest BCUT2D eigenvalue weighted by atomic mass is 14.9. The summed E-state index contributed by atoms with van der Waals surface area (Å²) in [5.74, 6) is 3.60. The lowest BCUT2D eigenvalue weighted by Crippen LogP contribution is -2.35. The summed E-state index contributed by atoms with van der Waals surface area (Å²) in [5.41, 5.74) is 0. The van der Waals surface area contributed by atoms with Crippen LogP contribution < -0.4 is 5.32 Å². The summed E-state index contributed by atoms with van der Waals surface area (Å²) in [6, 6.07) is 0.329. The van der Waals surface area contributed by atoms with Crippen LogP contribution in [0, 0.1) is 18.3 Å². The molecular formula is C11H19N. The van der Waals surface area contributed by atoms with Gasteiger partial charge in [0, 0.05) is 0 Å². The van der Waals surface area contributed by atoms with Crippen molar-refractivity contribution in [3.8, 4) is 12.3 Å². The molecule has 0 aromatic heterocycles. The van der Waals surface area contributed by atoms with Crippen molar-refractivity contribution in [2.24, 2.45) is 5.92 Å². The van der Waals surface area contributed by atoms with Gasteiger partial charge in [0.15, 0.2) is 0 Å². The molecule has 0 aromatic rings. The Bertz CT molecular complexity index is 151. The summed E-state index contributed by atoms with van der Waals surface area (Å²) < 4.78 is 0. The average Bonchev–Trinajstić information content (AvgIpc) is 2.15. The Hall–Kier alpha value is -0.480. The van der Waals surface area contributed by atoms with Gasteiger partial charge >= 0.3 is 0 Å². The second-order valence-electron chi connectivity index (χ2n) is 3.60. The zero-order valence-electron chi connectivity index (χ0n) is 7.97. The molecule has 1 heteroatoms. The maximum Gasteiger partial charge on any atom is 0.0715 e. The predicted molar refractivity (Wildman–Crippen MR) is 52.9 cm³/mol. The lowest BCUT2D eigenvalue weighted by Gasteiger charge is -2.27. The monoisotopic (exact) mass is 165 g/mol. The van der Waals surface area contributed by atoms with E-state index in [0.29, 0.717) is 6.04 Å². The van der Waals surface area contributed by atoms with Crippen molar-refractivity contribution in [3.05, 3.63) is 0 Å². The van der Waals surface area contributed by atoms with Gasteiger partial charge in [-0.05, 0) is 25.3 Å². The minimum atomic E-state index is 0.329. The van der Waals surface area contributed by atoms with E-state index in [-0.39, 0.29) is 0 Å². The normalized spacial score (nSPS) is 21.7. The molecule has 1 aliphatic rings. The maximum absolute atomic E-state index is 5.48. The first kappa shape index (κ1) is 9.61. The van der Waals surface area contributed by atoms with E-state index >= 15 is 0 Å². The first-order chi connectivity index (χ1) is 5.88. The molecule has 0 amide bonds. The van der Waals surface area contributed by atoms with Crippen LogP contribution in [0.5, 0.6) is 0 Å². The van der Waals surface area contributed by atoms with E-state index in [1.807, 2.05) is 0 Å². The molecule has 1 unspecified atom stereocenters. The lowest BCUT2D eigenvalue weighted by molar-refractivity contribution is 0.309. The summed E-state index contributed by atoms with van der Waals surface area (Å²) in [7, 11) is 0. The molecule has 0 bridgehead atoms. The zero-order valence-corrected chi connectivity index (χ0v) is 7.97. The average molecular weight is 165 g/mol. The Kier molecular flexibility index (Phi) is 4.18. The van der Waals surface area contributed by atoms with Gasteiger partial charge < -0.3 is 5.32 Å². The van der Waals surface area contributed by atoms with Crippen LogP contribution in [-0.4, -0.2) is 12.6 Å². The fourth-order valence-electron chi connectivity index (χ4n) is 2.05. The van der Waals surface area contributed by atoms with Gasteiger partial charge in [0.2, 0.25) is 0 Å². The molecule has 1 N–H and O–H groups in total. The van der Waals surface area contributed by atoms with Crippen LogP contribution in [0.3, 0.4) is 0 Å². The van der Waals surface area contributed by atoms with Crippen molar-refractivity contribution in [1.29, 1.82) is 0 Å². The Morgan fingerprint density at radius 1 is 1.42 bits per heavy atom. The highest BCUT2D eigenvalue weighted by molar-refractivity contribution is 5.02. The molecule has 1 fully saturated rings. The Balaban J connectivity index is 2.36. The van der Waals surface area contributed by atoms with E-state index in [1.54, 1.807) is 0 Å². The van der Waals surface area contributed by atoms with E-state index < -0.39 is 0 Å². The highest BCUT2D eigenvalue weighted by Gasteiger charge is 2.20. The molecule has 68 valence electrons. The molecule has 0 radical (unpaired) electrons. The first-order valence-corrected chi connectivity index (χ1v) is 5.08. The van der Waals surface area contributed by atoms with Crippen molar-refractivity contribution in [1.82, 2.24) is 5.32 Å². The topological polar surface area (TPSA) is 12.0 Å². The van der Waals surface area contributed by atoms with Gasteiger partial charge in [-0.25, -0.2) is 0 Å². The number of terminal acetylenes is 1. The second kappa shape index (κ2) is 5.22. The molecule has 1 atom stereocenters. The van der Waals surface area contributed by atoms with Crippen LogP contribution in [0.1, 0.15) is 39.0 Å². The van der Waals surface area contributed by atoms with Crippen molar-refractivity contribution in [2.75, 3.05) is 6.54 Å². The fourth-order valence-corrected chi connectivity index (χ4v) is 2.05. The van der Waals surface area contributed by atoms with Crippen molar-refractivity contribution in [3.63, 3.8) is 0 Å². The molecule has 0 saturated heterocycles. The van der Waals surface area contributed by atoms with Crippen LogP contribution in [0.25, 0.3) is 0 Å². The summed E-state index contributed by atoms with van der Waals surface area (Å²) in [6.45, 7) is 3.11. The minimum absolute atomic E-state index is 0.329. The van der Waals surface area contributed by atoms with Gasteiger partial charge in [0.25, 0.3) is 0 Å². The molecule has 0 spiro atoms. The van der Waals surface area contributed by atoms with E-state index in [4.69, 9.17) is 6.42 Å². The van der Waals surface area contributed by atoms with Crippen molar-refractivity contribution < 1.29 is 0 Å². The predicted octanol–water partition coefficient (Wildman–Crippen LogP) is 2.18. The van der Waals surface area contributed by atoms with Crippen molar-refractivity contribution in [2.45, 2.75) is 45.1 Å².